The minimum atomic E-state index is -0.982. The highest BCUT2D eigenvalue weighted by Crippen LogP contribution is 2.29. The molecule has 3 nitrogen and oxygen atoms in total. The SMILES string of the molecule is O=C(O)/C(=C\c1ccc(O)c(Cl)c1)c1ccc2c(c1)CCCC2. The van der Waals surface area contributed by atoms with Gasteiger partial charge in [-0.05, 0) is 66.1 Å². The molecule has 0 spiro atoms. The molecule has 0 aliphatic heterocycles. The molecular weight excluding hydrogens is 312 g/mol. The number of carboxylic acid groups (broad SMARTS) is 1. The summed E-state index contributed by atoms with van der Waals surface area (Å²) in [5.41, 5.74) is 4.12. The van der Waals surface area contributed by atoms with Crippen LogP contribution in [0.2, 0.25) is 5.02 Å². The van der Waals surface area contributed by atoms with Gasteiger partial charge in [0.1, 0.15) is 5.75 Å². The number of aliphatic carboxylic acids is 1. The summed E-state index contributed by atoms with van der Waals surface area (Å²) < 4.78 is 0. The zero-order chi connectivity index (χ0) is 16.4. The number of carboxylic acids is 1. The molecule has 0 heterocycles. The van der Waals surface area contributed by atoms with Gasteiger partial charge in [0.2, 0.25) is 0 Å². The van der Waals surface area contributed by atoms with E-state index in [0.717, 1.165) is 19.3 Å². The third-order valence-corrected chi connectivity index (χ3v) is 4.48. The molecule has 3 rings (SSSR count). The lowest BCUT2D eigenvalue weighted by atomic mass is 9.89. The van der Waals surface area contributed by atoms with Crippen molar-refractivity contribution in [1.82, 2.24) is 0 Å². The first-order valence-electron chi connectivity index (χ1n) is 7.60. The molecule has 1 aliphatic carbocycles. The van der Waals surface area contributed by atoms with Crippen LogP contribution >= 0.6 is 11.6 Å². The fourth-order valence-corrected chi connectivity index (χ4v) is 3.14. The van der Waals surface area contributed by atoms with E-state index < -0.39 is 5.97 Å². The first-order chi connectivity index (χ1) is 11.0. The van der Waals surface area contributed by atoms with Crippen LogP contribution in [0.5, 0.6) is 5.75 Å². The van der Waals surface area contributed by atoms with Crippen LogP contribution in [0.25, 0.3) is 11.6 Å². The lowest BCUT2D eigenvalue weighted by Crippen LogP contribution is -2.05. The second kappa shape index (κ2) is 6.47. The summed E-state index contributed by atoms with van der Waals surface area (Å²) >= 11 is 5.89. The summed E-state index contributed by atoms with van der Waals surface area (Å²) in [6.45, 7) is 0. The van der Waals surface area contributed by atoms with Crippen molar-refractivity contribution in [3.63, 3.8) is 0 Å². The number of rotatable bonds is 3. The molecule has 2 aromatic rings. The first kappa shape index (κ1) is 15.6. The van der Waals surface area contributed by atoms with Crippen LogP contribution in [0.3, 0.4) is 0 Å². The molecule has 0 amide bonds. The Hall–Kier alpha value is -2.26. The third-order valence-electron chi connectivity index (χ3n) is 4.17. The van der Waals surface area contributed by atoms with E-state index in [0.29, 0.717) is 11.1 Å². The maximum absolute atomic E-state index is 11.7. The maximum Gasteiger partial charge on any atom is 0.336 e. The van der Waals surface area contributed by atoms with E-state index in [9.17, 15) is 15.0 Å². The number of hydrogen-bond donors (Lipinski definition) is 2. The van der Waals surface area contributed by atoms with E-state index in [1.165, 1.54) is 23.6 Å². The predicted molar refractivity (Wildman–Crippen MR) is 91.7 cm³/mol. The molecule has 2 N–H and O–H groups in total. The Morgan fingerprint density at radius 3 is 2.48 bits per heavy atom. The molecule has 0 bridgehead atoms. The van der Waals surface area contributed by atoms with Crippen molar-refractivity contribution in [1.29, 1.82) is 0 Å². The van der Waals surface area contributed by atoms with Crippen LogP contribution in [-0.2, 0) is 17.6 Å². The number of halogens is 1. The number of benzene rings is 2. The predicted octanol–water partition coefficient (Wildman–Crippen LogP) is 4.55. The Bertz CT molecular complexity index is 793. The second-order valence-electron chi connectivity index (χ2n) is 5.76. The largest absolute Gasteiger partial charge is 0.506 e. The van der Waals surface area contributed by atoms with Crippen LogP contribution in [0.1, 0.15) is 35.1 Å². The lowest BCUT2D eigenvalue weighted by molar-refractivity contribution is -0.130. The monoisotopic (exact) mass is 328 g/mol. The summed E-state index contributed by atoms with van der Waals surface area (Å²) in [7, 11) is 0. The Balaban J connectivity index is 2.03. The minimum absolute atomic E-state index is 0.0190. The Kier molecular flexibility index (Phi) is 4.39. The highest BCUT2D eigenvalue weighted by molar-refractivity contribution is 6.32. The summed E-state index contributed by atoms with van der Waals surface area (Å²) in [4.78, 5) is 11.7. The zero-order valence-corrected chi connectivity index (χ0v) is 13.3. The standard InChI is InChI=1S/C19H17ClO3/c20-17-10-12(5-8-18(17)21)9-16(19(22)23)15-7-6-13-3-1-2-4-14(13)11-15/h5-11,21H,1-4H2,(H,22,23)/b16-9-. The highest BCUT2D eigenvalue weighted by atomic mass is 35.5. The smallest absolute Gasteiger partial charge is 0.336 e. The molecule has 23 heavy (non-hydrogen) atoms. The normalized spacial score (nSPS) is 14.4. The molecular formula is C19H17ClO3. The number of phenolic OH excluding ortho intramolecular Hbond substituents is 1. The number of carbonyl (C=O) groups is 1. The average molecular weight is 329 g/mol. The van der Waals surface area contributed by atoms with Gasteiger partial charge in [0.05, 0.1) is 10.6 Å². The van der Waals surface area contributed by atoms with Crippen LogP contribution in [-0.4, -0.2) is 16.2 Å². The van der Waals surface area contributed by atoms with Gasteiger partial charge in [-0.15, -0.1) is 0 Å². The molecule has 4 heteroatoms. The van der Waals surface area contributed by atoms with Gasteiger partial charge in [-0.2, -0.15) is 0 Å². The van der Waals surface area contributed by atoms with Gasteiger partial charge in [-0.3, -0.25) is 0 Å². The van der Waals surface area contributed by atoms with Gasteiger partial charge in [-0.25, -0.2) is 4.79 Å². The third kappa shape index (κ3) is 3.40. The van der Waals surface area contributed by atoms with Crippen molar-refractivity contribution in [3.05, 3.63) is 63.7 Å². The Morgan fingerprint density at radius 1 is 1.04 bits per heavy atom. The molecule has 1 aliphatic rings. The van der Waals surface area contributed by atoms with E-state index in [2.05, 4.69) is 0 Å². The highest BCUT2D eigenvalue weighted by Gasteiger charge is 2.15. The molecule has 0 fully saturated rings. The minimum Gasteiger partial charge on any atom is -0.506 e. The summed E-state index contributed by atoms with van der Waals surface area (Å²) in [5, 5.41) is 19.2. The second-order valence-corrected chi connectivity index (χ2v) is 6.17. The summed E-state index contributed by atoms with van der Waals surface area (Å²) in [6, 6.07) is 10.5. The van der Waals surface area contributed by atoms with E-state index in [1.54, 1.807) is 18.2 Å². The van der Waals surface area contributed by atoms with E-state index in [1.807, 2.05) is 18.2 Å². The van der Waals surface area contributed by atoms with Crippen molar-refractivity contribution in [2.75, 3.05) is 0 Å². The molecule has 0 saturated heterocycles. The van der Waals surface area contributed by atoms with E-state index in [4.69, 9.17) is 11.6 Å². The Morgan fingerprint density at radius 2 is 1.78 bits per heavy atom. The van der Waals surface area contributed by atoms with Gasteiger partial charge < -0.3 is 10.2 Å². The average Bonchev–Trinajstić information content (AvgIpc) is 2.55. The topological polar surface area (TPSA) is 57.5 Å². The van der Waals surface area contributed by atoms with Crippen molar-refractivity contribution in [2.45, 2.75) is 25.7 Å². The maximum atomic E-state index is 11.7. The molecule has 2 aromatic carbocycles. The number of phenols is 1. The lowest BCUT2D eigenvalue weighted by Gasteiger charge is -2.16. The number of fused-ring (bicyclic) bond motifs is 1. The fourth-order valence-electron chi connectivity index (χ4n) is 2.95. The van der Waals surface area contributed by atoms with Crippen molar-refractivity contribution < 1.29 is 15.0 Å². The van der Waals surface area contributed by atoms with Crippen LogP contribution in [0, 0.1) is 0 Å². The number of aryl methyl sites for hydroxylation is 2. The summed E-state index contributed by atoms with van der Waals surface area (Å²) in [6.07, 6.45) is 5.99. The summed E-state index contributed by atoms with van der Waals surface area (Å²) in [5.74, 6) is -1.00. The van der Waals surface area contributed by atoms with Gasteiger partial charge in [0, 0.05) is 0 Å². The molecule has 0 radical (unpaired) electrons. The van der Waals surface area contributed by atoms with Gasteiger partial charge >= 0.3 is 5.97 Å². The molecule has 0 unspecified atom stereocenters. The first-order valence-corrected chi connectivity index (χ1v) is 7.98. The van der Waals surface area contributed by atoms with Gasteiger partial charge in [-0.1, -0.05) is 35.9 Å². The van der Waals surface area contributed by atoms with Crippen LogP contribution < -0.4 is 0 Å². The number of hydrogen-bond acceptors (Lipinski definition) is 2. The van der Waals surface area contributed by atoms with Crippen molar-refractivity contribution >= 4 is 29.2 Å². The van der Waals surface area contributed by atoms with Crippen molar-refractivity contribution in [2.24, 2.45) is 0 Å². The quantitative estimate of drug-likeness (QED) is 0.642. The Labute approximate surface area is 139 Å². The zero-order valence-electron chi connectivity index (χ0n) is 12.6. The fraction of sp³-hybridized carbons (Fsp3) is 0.211. The van der Waals surface area contributed by atoms with Gasteiger partial charge in [0.25, 0.3) is 0 Å². The van der Waals surface area contributed by atoms with Crippen LogP contribution in [0.15, 0.2) is 36.4 Å². The molecule has 0 aromatic heterocycles. The molecule has 0 atom stereocenters. The number of aromatic hydroxyl groups is 1. The van der Waals surface area contributed by atoms with E-state index >= 15 is 0 Å². The van der Waals surface area contributed by atoms with Crippen molar-refractivity contribution in [3.8, 4) is 5.75 Å². The molecule has 0 saturated carbocycles. The molecule has 118 valence electrons. The van der Waals surface area contributed by atoms with E-state index in [-0.39, 0.29) is 16.3 Å². The van der Waals surface area contributed by atoms with Gasteiger partial charge in [0.15, 0.2) is 0 Å². The van der Waals surface area contributed by atoms with Crippen LogP contribution in [0.4, 0.5) is 0 Å².